The van der Waals surface area contributed by atoms with Crippen LogP contribution in [0.15, 0.2) is 35.6 Å². The SMILES string of the molecule is CN=C(NCCc1cn2ccccc2n1)N1CCOC(C2CCCO2)C1. The number of fused-ring (bicyclic) bond motifs is 1. The highest BCUT2D eigenvalue weighted by atomic mass is 16.5. The monoisotopic (exact) mass is 357 g/mol. The fraction of sp³-hybridized carbons (Fsp3) is 0.579. The number of hydrogen-bond donors (Lipinski definition) is 1. The van der Waals surface area contributed by atoms with E-state index in [-0.39, 0.29) is 12.2 Å². The van der Waals surface area contributed by atoms with Gasteiger partial charge >= 0.3 is 0 Å². The van der Waals surface area contributed by atoms with Crippen LogP contribution in [-0.2, 0) is 15.9 Å². The molecule has 2 aromatic rings. The van der Waals surface area contributed by atoms with Gasteiger partial charge in [-0.3, -0.25) is 4.99 Å². The highest BCUT2D eigenvalue weighted by molar-refractivity contribution is 5.80. The lowest BCUT2D eigenvalue weighted by molar-refractivity contribution is -0.0816. The molecular weight excluding hydrogens is 330 g/mol. The molecule has 0 amide bonds. The number of imidazole rings is 1. The number of aliphatic imine (C=N–C) groups is 1. The number of nitrogens with zero attached hydrogens (tertiary/aromatic N) is 4. The van der Waals surface area contributed by atoms with Crippen molar-refractivity contribution in [2.45, 2.75) is 31.5 Å². The van der Waals surface area contributed by atoms with Crippen molar-refractivity contribution in [1.29, 1.82) is 0 Å². The summed E-state index contributed by atoms with van der Waals surface area (Å²) >= 11 is 0. The second-order valence-corrected chi connectivity index (χ2v) is 6.83. The predicted octanol–water partition coefficient (Wildman–Crippen LogP) is 1.33. The summed E-state index contributed by atoms with van der Waals surface area (Å²) < 4.78 is 13.8. The van der Waals surface area contributed by atoms with Gasteiger partial charge in [0.1, 0.15) is 11.8 Å². The summed E-state index contributed by atoms with van der Waals surface area (Å²) in [6.45, 7) is 4.07. The first-order valence-corrected chi connectivity index (χ1v) is 9.45. The van der Waals surface area contributed by atoms with Crippen LogP contribution in [0.2, 0.25) is 0 Å². The van der Waals surface area contributed by atoms with Gasteiger partial charge in [-0.1, -0.05) is 6.07 Å². The van der Waals surface area contributed by atoms with Crippen LogP contribution in [0, 0.1) is 0 Å². The Bertz CT molecular complexity index is 720. The minimum absolute atomic E-state index is 0.142. The van der Waals surface area contributed by atoms with E-state index < -0.39 is 0 Å². The molecule has 0 aliphatic carbocycles. The van der Waals surface area contributed by atoms with Crippen molar-refractivity contribution in [2.24, 2.45) is 4.99 Å². The van der Waals surface area contributed by atoms with Crippen molar-refractivity contribution < 1.29 is 9.47 Å². The first-order valence-electron chi connectivity index (χ1n) is 9.45. The summed E-state index contributed by atoms with van der Waals surface area (Å²) in [7, 11) is 1.84. The number of ether oxygens (including phenoxy) is 2. The van der Waals surface area contributed by atoms with E-state index in [0.29, 0.717) is 0 Å². The molecule has 0 radical (unpaired) electrons. The Labute approximate surface area is 154 Å². The van der Waals surface area contributed by atoms with Crippen molar-refractivity contribution in [3.05, 3.63) is 36.3 Å². The lowest BCUT2D eigenvalue weighted by Crippen LogP contribution is -2.53. The molecular formula is C19H27N5O2. The molecule has 26 heavy (non-hydrogen) atoms. The summed E-state index contributed by atoms with van der Waals surface area (Å²) in [5.41, 5.74) is 2.07. The van der Waals surface area contributed by atoms with Gasteiger partial charge in [-0.15, -0.1) is 0 Å². The standard InChI is InChI=1S/C19H27N5O2/c1-20-19(24-10-12-26-17(14-24)16-5-4-11-25-16)21-8-7-15-13-23-9-3-2-6-18(23)22-15/h2-3,6,9,13,16-17H,4-5,7-8,10-12,14H2,1H3,(H,20,21). The second kappa shape index (κ2) is 8.05. The molecule has 2 saturated heterocycles. The van der Waals surface area contributed by atoms with Gasteiger partial charge in [0, 0.05) is 52.1 Å². The molecule has 1 N–H and O–H groups in total. The molecule has 4 rings (SSSR count). The van der Waals surface area contributed by atoms with Crippen LogP contribution in [0.5, 0.6) is 0 Å². The van der Waals surface area contributed by atoms with Crippen LogP contribution in [-0.4, -0.2) is 72.3 Å². The zero-order valence-corrected chi connectivity index (χ0v) is 15.3. The Kier molecular flexibility index (Phi) is 5.36. The average Bonchev–Trinajstić information content (AvgIpc) is 3.34. The number of morpholine rings is 1. The van der Waals surface area contributed by atoms with Crippen molar-refractivity contribution in [3.63, 3.8) is 0 Å². The topological polar surface area (TPSA) is 63.4 Å². The Hall–Kier alpha value is -2.12. The molecule has 0 spiro atoms. The number of nitrogens with one attached hydrogen (secondary N) is 1. The minimum atomic E-state index is 0.142. The van der Waals surface area contributed by atoms with Gasteiger partial charge in [0.15, 0.2) is 5.96 Å². The fourth-order valence-electron chi connectivity index (χ4n) is 3.73. The van der Waals surface area contributed by atoms with E-state index in [1.54, 1.807) is 0 Å². The van der Waals surface area contributed by atoms with Crippen molar-refractivity contribution >= 4 is 11.6 Å². The molecule has 7 nitrogen and oxygen atoms in total. The third-order valence-corrected chi connectivity index (χ3v) is 5.06. The van der Waals surface area contributed by atoms with Gasteiger partial charge in [0.25, 0.3) is 0 Å². The first-order chi connectivity index (χ1) is 12.8. The second-order valence-electron chi connectivity index (χ2n) is 6.83. The van der Waals surface area contributed by atoms with Gasteiger partial charge < -0.3 is 24.1 Å². The van der Waals surface area contributed by atoms with Crippen LogP contribution in [0.4, 0.5) is 0 Å². The summed E-state index contributed by atoms with van der Waals surface area (Å²) in [5, 5.41) is 3.47. The smallest absolute Gasteiger partial charge is 0.193 e. The van der Waals surface area contributed by atoms with Crippen LogP contribution in [0.1, 0.15) is 18.5 Å². The molecule has 0 saturated carbocycles. The van der Waals surface area contributed by atoms with E-state index in [1.807, 2.05) is 31.4 Å². The lowest BCUT2D eigenvalue weighted by atomic mass is 10.1. The summed E-state index contributed by atoms with van der Waals surface area (Å²) in [6.07, 6.45) is 7.57. The minimum Gasteiger partial charge on any atom is -0.375 e. The number of guanidine groups is 1. The van der Waals surface area contributed by atoms with Crippen LogP contribution < -0.4 is 5.32 Å². The fourth-order valence-corrected chi connectivity index (χ4v) is 3.73. The molecule has 2 unspecified atom stereocenters. The molecule has 2 aliphatic heterocycles. The number of hydrogen-bond acceptors (Lipinski definition) is 4. The Balaban J connectivity index is 1.31. The van der Waals surface area contributed by atoms with E-state index >= 15 is 0 Å². The maximum atomic E-state index is 5.93. The van der Waals surface area contributed by atoms with Gasteiger partial charge in [-0.05, 0) is 25.0 Å². The Morgan fingerprint density at radius 3 is 3.04 bits per heavy atom. The maximum absolute atomic E-state index is 5.93. The summed E-state index contributed by atoms with van der Waals surface area (Å²) in [5.74, 6) is 0.931. The largest absolute Gasteiger partial charge is 0.375 e. The third-order valence-electron chi connectivity index (χ3n) is 5.06. The van der Waals surface area contributed by atoms with Crippen LogP contribution in [0.3, 0.4) is 0 Å². The van der Waals surface area contributed by atoms with E-state index in [9.17, 15) is 0 Å². The van der Waals surface area contributed by atoms with Crippen molar-refractivity contribution in [2.75, 3.05) is 39.9 Å². The van der Waals surface area contributed by atoms with Gasteiger partial charge in [-0.25, -0.2) is 4.98 Å². The van der Waals surface area contributed by atoms with Crippen LogP contribution >= 0.6 is 0 Å². The molecule has 4 heterocycles. The van der Waals surface area contributed by atoms with E-state index in [0.717, 1.165) is 69.4 Å². The number of pyridine rings is 1. The number of aromatic nitrogens is 2. The lowest BCUT2D eigenvalue weighted by Gasteiger charge is -2.37. The molecule has 140 valence electrons. The van der Waals surface area contributed by atoms with Gasteiger partial charge in [0.2, 0.25) is 0 Å². The normalized spacial score (nSPS) is 24.3. The molecule has 2 aliphatic rings. The first kappa shape index (κ1) is 17.3. The quantitative estimate of drug-likeness (QED) is 0.661. The van der Waals surface area contributed by atoms with Gasteiger partial charge in [-0.2, -0.15) is 0 Å². The maximum Gasteiger partial charge on any atom is 0.193 e. The zero-order chi connectivity index (χ0) is 17.8. The molecule has 0 aromatic carbocycles. The molecule has 7 heteroatoms. The highest BCUT2D eigenvalue weighted by Crippen LogP contribution is 2.21. The van der Waals surface area contributed by atoms with E-state index in [1.165, 1.54) is 0 Å². The van der Waals surface area contributed by atoms with Gasteiger partial charge in [0.05, 0.1) is 18.4 Å². The Morgan fingerprint density at radius 2 is 2.23 bits per heavy atom. The predicted molar refractivity (Wildman–Crippen MR) is 101 cm³/mol. The summed E-state index contributed by atoms with van der Waals surface area (Å²) in [4.78, 5) is 11.4. The Morgan fingerprint density at radius 1 is 1.31 bits per heavy atom. The highest BCUT2D eigenvalue weighted by Gasteiger charge is 2.32. The molecule has 0 bridgehead atoms. The average molecular weight is 357 g/mol. The third kappa shape index (κ3) is 3.83. The van der Waals surface area contributed by atoms with Crippen molar-refractivity contribution in [1.82, 2.24) is 19.6 Å². The summed E-state index contributed by atoms with van der Waals surface area (Å²) in [6, 6.07) is 6.05. The molecule has 2 aromatic heterocycles. The molecule has 2 fully saturated rings. The number of rotatable bonds is 4. The zero-order valence-electron chi connectivity index (χ0n) is 15.3. The van der Waals surface area contributed by atoms with Crippen molar-refractivity contribution in [3.8, 4) is 0 Å². The van der Waals surface area contributed by atoms with E-state index in [2.05, 4.69) is 30.8 Å². The molecule has 2 atom stereocenters. The van der Waals surface area contributed by atoms with Crippen LogP contribution in [0.25, 0.3) is 5.65 Å². The van der Waals surface area contributed by atoms with E-state index in [4.69, 9.17) is 9.47 Å².